The van der Waals surface area contributed by atoms with Gasteiger partial charge in [0.25, 0.3) is 5.56 Å². The van der Waals surface area contributed by atoms with Crippen LogP contribution in [0.1, 0.15) is 55.0 Å². The van der Waals surface area contributed by atoms with Crippen LogP contribution in [0.3, 0.4) is 0 Å². The minimum atomic E-state index is -0.301. The second-order valence-electron chi connectivity index (χ2n) is 9.99. The molecule has 2 aliphatic carbocycles. The first-order valence-electron chi connectivity index (χ1n) is 12.0. The number of rotatable bonds is 7. The van der Waals surface area contributed by atoms with Gasteiger partial charge in [0.05, 0.1) is 28.9 Å². The van der Waals surface area contributed by atoms with Gasteiger partial charge in [-0.15, -0.1) is 11.3 Å². The number of aromatic nitrogens is 5. The van der Waals surface area contributed by atoms with E-state index in [0.717, 1.165) is 41.0 Å². The van der Waals surface area contributed by atoms with Gasteiger partial charge in [-0.3, -0.25) is 28.3 Å². The van der Waals surface area contributed by atoms with Gasteiger partial charge in [-0.1, -0.05) is 6.07 Å². The Morgan fingerprint density at radius 3 is 2.66 bits per heavy atom. The summed E-state index contributed by atoms with van der Waals surface area (Å²) in [4.78, 5) is 32.6. The molecular formula is C25H28N6O2S2. The number of thiophene rings is 1. The lowest BCUT2D eigenvalue weighted by Gasteiger charge is -2.16. The number of nitrogens with one attached hydrogen (secondary N) is 1. The van der Waals surface area contributed by atoms with Crippen molar-refractivity contribution in [3.8, 4) is 0 Å². The molecule has 4 aromatic heterocycles. The Bertz CT molecular complexity index is 1540. The molecule has 1 fully saturated rings. The minimum absolute atomic E-state index is 0.163. The van der Waals surface area contributed by atoms with Crippen LogP contribution in [-0.4, -0.2) is 29.4 Å². The van der Waals surface area contributed by atoms with E-state index in [1.807, 2.05) is 25.5 Å². The molecule has 6 rings (SSSR count). The molecule has 10 heteroatoms. The second-order valence-corrected chi connectivity index (χ2v) is 12.1. The summed E-state index contributed by atoms with van der Waals surface area (Å²) in [5.41, 5.74) is 3.88. The first-order chi connectivity index (χ1) is 16.9. The van der Waals surface area contributed by atoms with Crippen LogP contribution in [-0.2, 0) is 33.0 Å². The van der Waals surface area contributed by atoms with Crippen molar-refractivity contribution >= 4 is 33.5 Å². The average molecular weight is 509 g/mol. The number of fused-ring (bicyclic) bond motifs is 2. The maximum atomic E-state index is 13.7. The zero-order valence-corrected chi connectivity index (χ0v) is 21.5. The Morgan fingerprint density at radius 2 is 1.89 bits per heavy atom. The number of hydrogen-bond acceptors (Lipinski definition) is 7. The highest BCUT2D eigenvalue weighted by Crippen LogP contribution is 2.39. The van der Waals surface area contributed by atoms with Crippen molar-refractivity contribution in [2.75, 3.05) is 0 Å². The lowest BCUT2D eigenvalue weighted by atomic mass is 9.95. The van der Waals surface area contributed by atoms with E-state index >= 15 is 0 Å². The standard InChI is InChI=1S/C25H28N6O2S2/c1-25(7-8-25)28-35-21-10-19-22(32)30(15-17-12-27-29(2)13-17)24(33)31(23(19)34-21)14-16-9-18-5-3-4-6-20(18)26-11-16/h9-13,28H,3-8,14-15H2,1-2H3. The van der Waals surface area contributed by atoms with E-state index < -0.39 is 0 Å². The molecule has 0 unspecified atom stereocenters. The van der Waals surface area contributed by atoms with Crippen LogP contribution < -0.4 is 16.0 Å². The fraction of sp³-hybridized carbons (Fsp3) is 0.440. The molecule has 0 aliphatic heterocycles. The van der Waals surface area contributed by atoms with Gasteiger partial charge in [0.1, 0.15) is 4.83 Å². The molecule has 0 atom stereocenters. The highest BCUT2D eigenvalue weighted by molar-refractivity contribution is 7.99. The molecule has 2 aliphatic rings. The first-order valence-corrected chi connectivity index (χ1v) is 13.7. The van der Waals surface area contributed by atoms with Crippen LogP contribution in [0, 0.1) is 0 Å². The topological polar surface area (TPSA) is 86.7 Å². The lowest BCUT2D eigenvalue weighted by molar-refractivity contribution is 0.631. The molecule has 1 saturated carbocycles. The van der Waals surface area contributed by atoms with Crippen LogP contribution in [0.2, 0.25) is 0 Å². The fourth-order valence-corrected chi connectivity index (χ4v) is 6.75. The molecule has 1 N–H and O–H groups in total. The summed E-state index contributed by atoms with van der Waals surface area (Å²) in [5.74, 6) is 0. The largest absolute Gasteiger partial charge is 0.332 e. The minimum Gasteiger partial charge on any atom is -0.280 e. The van der Waals surface area contributed by atoms with Crippen molar-refractivity contribution < 1.29 is 0 Å². The van der Waals surface area contributed by atoms with Crippen molar-refractivity contribution in [2.45, 2.75) is 68.3 Å². The molecule has 4 aromatic rings. The number of nitrogens with zero attached hydrogens (tertiary/aromatic N) is 5. The summed E-state index contributed by atoms with van der Waals surface area (Å²) in [5, 5.41) is 4.78. The van der Waals surface area contributed by atoms with Crippen LogP contribution in [0.5, 0.6) is 0 Å². The molecule has 0 amide bonds. The van der Waals surface area contributed by atoms with E-state index in [1.165, 1.54) is 40.0 Å². The molecule has 4 heterocycles. The van der Waals surface area contributed by atoms with Gasteiger partial charge in [0.2, 0.25) is 0 Å². The van der Waals surface area contributed by atoms with E-state index in [2.05, 4.69) is 22.8 Å². The normalized spacial score (nSPS) is 16.5. The molecule has 0 aromatic carbocycles. The third-order valence-electron chi connectivity index (χ3n) is 6.94. The van der Waals surface area contributed by atoms with Crippen molar-refractivity contribution in [3.05, 3.63) is 73.9 Å². The Kier molecular flexibility index (Phi) is 5.69. The van der Waals surface area contributed by atoms with Gasteiger partial charge in [-0.25, -0.2) is 4.79 Å². The number of pyridine rings is 1. The molecule has 0 saturated heterocycles. The van der Waals surface area contributed by atoms with Crippen molar-refractivity contribution in [3.63, 3.8) is 0 Å². The molecular weight excluding hydrogens is 480 g/mol. The molecule has 35 heavy (non-hydrogen) atoms. The summed E-state index contributed by atoms with van der Waals surface area (Å²) in [6.07, 6.45) is 12.1. The highest BCUT2D eigenvalue weighted by atomic mass is 32.2. The van der Waals surface area contributed by atoms with Crippen LogP contribution >= 0.6 is 23.3 Å². The monoisotopic (exact) mass is 508 g/mol. The van der Waals surface area contributed by atoms with Gasteiger partial charge in [0.15, 0.2) is 0 Å². The Balaban J connectivity index is 1.44. The van der Waals surface area contributed by atoms with E-state index in [4.69, 9.17) is 4.98 Å². The van der Waals surface area contributed by atoms with Gasteiger partial charge >= 0.3 is 5.69 Å². The Morgan fingerprint density at radius 1 is 1.09 bits per heavy atom. The van der Waals surface area contributed by atoms with Crippen molar-refractivity contribution in [1.29, 1.82) is 0 Å². The molecule has 0 radical (unpaired) electrons. The maximum absolute atomic E-state index is 13.7. The fourth-order valence-electron chi connectivity index (χ4n) is 4.61. The summed E-state index contributed by atoms with van der Waals surface area (Å²) >= 11 is 3.06. The van der Waals surface area contributed by atoms with E-state index in [9.17, 15) is 9.59 Å². The van der Waals surface area contributed by atoms with E-state index in [0.29, 0.717) is 16.8 Å². The van der Waals surface area contributed by atoms with Gasteiger partial charge < -0.3 is 0 Å². The van der Waals surface area contributed by atoms with E-state index in [1.54, 1.807) is 27.4 Å². The third-order valence-corrected chi connectivity index (χ3v) is 9.30. The Hall–Kier alpha value is -2.69. The number of hydrogen-bond donors (Lipinski definition) is 1. The molecule has 0 spiro atoms. The highest BCUT2D eigenvalue weighted by Gasteiger charge is 2.37. The Labute approximate surface area is 211 Å². The number of aryl methyl sites for hydroxylation is 3. The molecule has 8 nitrogen and oxygen atoms in total. The lowest BCUT2D eigenvalue weighted by Crippen LogP contribution is -2.40. The predicted molar refractivity (Wildman–Crippen MR) is 139 cm³/mol. The smallest absolute Gasteiger partial charge is 0.280 e. The zero-order chi connectivity index (χ0) is 24.2. The quantitative estimate of drug-likeness (QED) is 0.385. The van der Waals surface area contributed by atoms with Gasteiger partial charge in [0, 0.05) is 36.2 Å². The maximum Gasteiger partial charge on any atom is 0.332 e. The van der Waals surface area contributed by atoms with Crippen LogP contribution in [0.25, 0.3) is 10.2 Å². The molecule has 0 bridgehead atoms. The van der Waals surface area contributed by atoms with Crippen molar-refractivity contribution in [2.24, 2.45) is 7.05 Å². The van der Waals surface area contributed by atoms with Gasteiger partial charge in [-0.2, -0.15) is 5.10 Å². The third kappa shape index (κ3) is 4.50. The van der Waals surface area contributed by atoms with Crippen molar-refractivity contribution in [1.82, 2.24) is 28.6 Å². The molecule has 182 valence electrons. The SMILES string of the molecule is Cn1cc(Cn2c(=O)c3cc(SNC4(C)CC4)sc3n(Cc3cnc4c(c3)CCCC4)c2=O)cn1. The average Bonchev–Trinajstić information content (AvgIpc) is 3.24. The summed E-state index contributed by atoms with van der Waals surface area (Å²) < 4.78 is 9.26. The van der Waals surface area contributed by atoms with Crippen LogP contribution in [0.15, 0.2) is 44.5 Å². The second kappa shape index (κ2) is 8.76. The first kappa shape index (κ1) is 22.8. The zero-order valence-electron chi connectivity index (χ0n) is 19.9. The summed E-state index contributed by atoms with van der Waals surface area (Å²) in [7, 11) is 1.83. The predicted octanol–water partition coefficient (Wildman–Crippen LogP) is 3.48. The van der Waals surface area contributed by atoms with E-state index in [-0.39, 0.29) is 23.3 Å². The van der Waals surface area contributed by atoms with Crippen LogP contribution in [0.4, 0.5) is 0 Å². The summed E-state index contributed by atoms with van der Waals surface area (Å²) in [6, 6.07) is 4.11. The summed E-state index contributed by atoms with van der Waals surface area (Å²) in [6.45, 7) is 2.78. The van der Waals surface area contributed by atoms with Gasteiger partial charge in [-0.05, 0) is 74.6 Å².